The molecule has 0 amide bonds. The molecule has 0 aromatic carbocycles. The fourth-order valence-electron chi connectivity index (χ4n) is 1.53. The number of aromatic carboxylic acids is 1. The number of fused-ring (bicyclic) bond motifs is 1. The summed E-state index contributed by atoms with van der Waals surface area (Å²) in [6.45, 7) is 3.60. The summed E-state index contributed by atoms with van der Waals surface area (Å²) in [6.07, 6.45) is 1.33. The van der Waals surface area contributed by atoms with Crippen molar-refractivity contribution in [1.29, 1.82) is 0 Å². The third-order valence-electron chi connectivity index (χ3n) is 2.25. The van der Waals surface area contributed by atoms with Gasteiger partial charge in [-0.05, 0) is 19.4 Å². The van der Waals surface area contributed by atoms with Gasteiger partial charge in [-0.3, -0.25) is 5.10 Å². The van der Waals surface area contributed by atoms with Crippen LogP contribution in [0.15, 0.2) is 6.20 Å². The van der Waals surface area contributed by atoms with E-state index in [1.807, 2.05) is 6.92 Å². The lowest BCUT2D eigenvalue weighted by atomic mass is 10.1. The Hall–Kier alpha value is -1.91. The maximum atomic E-state index is 10.8. The lowest BCUT2D eigenvalue weighted by Gasteiger charge is -2.00. The Morgan fingerprint density at radius 1 is 1.50 bits per heavy atom. The number of pyridine rings is 1. The van der Waals surface area contributed by atoms with E-state index in [0.717, 1.165) is 11.1 Å². The molecule has 0 atom stereocenters. The molecule has 0 bridgehead atoms. The first-order valence-electron chi connectivity index (χ1n) is 4.15. The molecule has 2 aromatic heterocycles. The lowest BCUT2D eigenvalue weighted by Crippen LogP contribution is -2.01. The average Bonchev–Trinajstić information content (AvgIpc) is 2.48. The van der Waals surface area contributed by atoms with Crippen molar-refractivity contribution < 1.29 is 9.90 Å². The van der Waals surface area contributed by atoms with Crippen molar-refractivity contribution in [2.24, 2.45) is 0 Å². The van der Waals surface area contributed by atoms with Crippen LogP contribution in [0.3, 0.4) is 0 Å². The van der Waals surface area contributed by atoms with Crippen LogP contribution in [0.2, 0.25) is 0 Å². The molecule has 2 N–H and O–H groups in total. The fourth-order valence-corrected chi connectivity index (χ4v) is 1.53. The van der Waals surface area contributed by atoms with Crippen LogP contribution in [0.1, 0.15) is 21.6 Å². The minimum atomic E-state index is -0.961. The Morgan fingerprint density at radius 2 is 2.21 bits per heavy atom. The van der Waals surface area contributed by atoms with Gasteiger partial charge in [-0.1, -0.05) is 0 Å². The van der Waals surface area contributed by atoms with Gasteiger partial charge in [0, 0.05) is 17.3 Å². The second-order valence-corrected chi connectivity index (χ2v) is 3.15. The topological polar surface area (TPSA) is 78.9 Å². The van der Waals surface area contributed by atoms with E-state index in [1.54, 1.807) is 6.92 Å². The monoisotopic (exact) mass is 191 g/mol. The Labute approximate surface area is 79.8 Å². The number of H-pyrrole nitrogens is 1. The molecule has 0 aliphatic rings. The number of aromatic nitrogens is 3. The summed E-state index contributed by atoms with van der Waals surface area (Å²) in [5.41, 5.74) is 2.33. The van der Waals surface area contributed by atoms with Gasteiger partial charge in [0.2, 0.25) is 0 Å². The van der Waals surface area contributed by atoms with Gasteiger partial charge in [-0.15, -0.1) is 0 Å². The van der Waals surface area contributed by atoms with Gasteiger partial charge in [0.15, 0.2) is 5.65 Å². The number of aromatic amines is 1. The second kappa shape index (κ2) is 2.80. The Balaban J connectivity index is 2.86. The average molecular weight is 191 g/mol. The molecule has 2 aromatic rings. The summed E-state index contributed by atoms with van der Waals surface area (Å²) in [5, 5.41) is 16.4. The largest absolute Gasteiger partial charge is 0.478 e. The minimum absolute atomic E-state index is 0.224. The van der Waals surface area contributed by atoms with Gasteiger partial charge in [-0.25, -0.2) is 9.78 Å². The summed E-state index contributed by atoms with van der Waals surface area (Å²) in [4.78, 5) is 14.8. The van der Waals surface area contributed by atoms with Crippen LogP contribution >= 0.6 is 0 Å². The van der Waals surface area contributed by atoms with Crippen molar-refractivity contribution in [3.63, 3.8) is 0 Å². The molecule has 0 unspecified atom stereocenters. The van der Waals surface area contributed by atoms with Gasteiger partial charge in [0.1, 0.15) is 0 Å². The highest BCUT2D eigenvalue weighted by Crippen LogP contribution is 2.20. The number of nitrogens with zero attached hydrogens (tertiary/aromatic N) is 2. The maximum absolute atomic E-state index is 10.8. The number of carbonyl (C=O) groups is 1. The number of carboxylic acid groups (broad SMARTS) is 1. The van der Waals surface area contributed by atoms with E-state index >= 15 is 0 Å². The standard InChI is InChI=1S/C9H9N3O2/c1-4-6(9(13)14)3-10-8-7(4)5(2)11-12-8/h3H,1-2H3,(H,13,14)(H,10,11,12). The van der Waals surface area contributed by atoms with Crippen molar-refractivity contribution in [3.05, 3.63) is 23.0 Å². The number of rotatable bonds is 1. The Bertz CT molecular complexity index is 516. The van der Waals surface area contributed by atoms with E-state index < -0.39 is 5.97 Å². The Kier molecular flexibility index (Phi) is 1.73. The molecular formula is C9H9N3O2. The molecule has 0 saturated carbocycles. The van der Waals surface area contributed by atoms with Gasteiger partial charge in [-0.2, -0.15) is 5.10 Å². The van der Waals surface area contributed by atoms with Crippen molar-refractivity contribution in [3.8, 4) is 0 Å². The number of nitrogens with one attached hydrogen (secondary N) is 1. The number of hydrogen-bond donors (Lipinski definition) is 2. The third kappa shape index (κ3) is 1.06. The predicted octanol–water partition coefficient (Wildman–Crippen LogP) is 1.27. The second-order valence-electron chi connectivity index (χ2n) is 3.15. The molecule has 2 heterocycles. The molecule has 0 aliphatic carbocycles. The van der Waals surface area contributed by atoms with Gasteiger partial charge >= 0.3 is 5.97 Å². The fraction of sp³-hybridized carbons (Fsp3) is 0.222. The highest BCUT2D eigenvalue weighted by atomic mass is 16.4. The van der Waals surface area contributed by atoms with Crippen molar-refractivity contribution in [2.75, 3.05) is 0 Å². The van der Waals surface area contributed by atoms with Crippen LogP contribution in [-0.2, 0) is 0 Å². The molecule has 14 heavy (non-hydrogen) atoms. The van der Waals surface area contributed by atoms with E-state index in [4.69, 9.17) is 5.11 Å². The molecule has 2 rings (SSSR count). The third-order valence-corrected chi connectivity index (χ3v) is 2.25. The van der Waals surface area contributed by atoms with Gasteiger partial charge in [0.05, 0.1) is 5.56 Å². The SMILES string of the molecule is Cc1[nH]nc2ncc(C(=O)O)c(C)c12. The summed E-state index contributed by atoms with van der Waals surface area (Å²) >= 11 is 0. The summed E-state index contributed by atoms with van der Waals surface area (Å²) < 4.78 is 0. The summed E-state index contributed by atoms with van der Waals surface area (Å²) in [6, 6.07) is 0. The zero-order valence-electron chi connectivity index (χ0n) is 7.83. The molecule has 0 aliphatic heterocycles. The molecule has 72 valence electrons. The van der Waals surface area contributed by atoms with Gasteiger partial charge < -0.3 is 5.11 Å². The molecule has 0 fully saturated rings. The number of carboxylic acids is 1. The lowest BCUT2D eigenvalue weighted by molar-refractivity contribution is 0.0696. The van der Waals surface area contributed by atoms with E-state index in [2.05, 4.69) is 15.2 Å². The summed E-state index contributed by atoms with van der Waals surface area (Å²) in [5.74, 6) is -0.961. The van der Waals surface area contributed by atoms with E-state index in [9.17, 15) is 4.79 Å². The first-order chi connectivity index (χ1) is 6.61. The van der Waals surface area contributed by atoms with Crippen LogP contribution in [0.5, 0.6) is 0 Å². The number of aryl methyl sites for hydroxylation is 2. The maximum Gasteiger partial charge on any atom is 0.337 e. The zero-order valence-corrected chi connectivity index (χ0v) is 7.83. The quantitative estimate of drug-likeness (QED) is 0.711. The van der Waals surface area contributed by atoms with Crippen LogP contribution in [0.4, 0.5) is 0 Å². The van der Waals surface area contributed by atoms with E-state index in [0.29, 0.717) is 11.2 Å². The van der Waals surface area contributed by atoms with Crippen molar-refractivity contribution in [2.45, 2.75) is 13.8 Å². The normalized spacial score (nSPS) is 10.7. The Morgan fingerprint density at radius 3 is 2.86 bits per heavy atom. The highest BCUT2D eigenvalue weighted by Gasteiger charge is 2.13. The van der Waals surface area contributed by atoms with E-state index in [1.165, 1.54) is 6.20 Å². The molecular weight excluding hydrogens is 182 g/mol. The molecule has 5 nitrogen and oxygen atoms in total. The first-order valence-corrected chi connectivity index (χ1v) is 4.15. The highest BCUT2D eigenvalue weighted by molar-refractivity contribution is 5.95. The molecule has 0 spiro atoms. The minimum Gasteiger partial charge on any atom is -0.478 e. The smallest absolute Gasteiger partial charge is 0.337 e. The van der Waals surface area contributed by atoms with Crippen LogP contribution < -0.4 is 0 Å². The predicted molar refractivity (Wildman–Crippen MR) is 50.3 cm³/mol. The van der Waals surface area contributed by atoms with Crippen LogP contribution in [0, 0.1) is 13.8 Å². The summed E-state index contributed by atoms with van der Waals surface area (Å²) in [7, 11) is 0. The van der Waals surface area contributed by atoms with Crippen molar-refractivity contribution in [1.82, 2.24) is 15.2 Å². The van der Waals surface area contributed by atoms with Gasteiger partial charge in [0.25, 0.3) is 0 Å². The molecule has 5 heteroatoms. The van der Waals surface area contributed by atoms with Crippen LogP contribution in [-0.4, -0.2) is 26.3 Å². The molecule has 0 saturated heterocycles. The first kappa shape index (κ1) is 8.68. The van der Waals surface area contributed by atoms with Crippen LogP contribution in [0.25, 0.3) is 11.0 Å². The zero-order chi connectivity index (χ0) is 10.3. The number of hydrogen-bond acceptors (Lipinski definition) is 3. The van der Waals surface area contributed by atoms with E-state index in [-0.39, 0.29) is 5.56 Å². The van der Waals surface area contributed by atoms with Crippen molar-refractivity contribution >= 4 is 17.0 Å². The molecule has 0 radical (unpaired) electrons.